The van der Waals surface area contributed by atoms with Crippen molar-refractivity contribution >= 4 is 12.0 Å². The predicted octanol–water partition coefficient (Wildman–Crippen LogP) is 4.95. The Balaban J connectivity index is 1.43. The minimum absolute atomic E-state index is 0.0657. The van der Waals surface area contributed by atoms with Crippen LogP contribution in [0.25, 0.3) is 11.8 Å². The Morgan fingerprint density at radius 3 is 2.61 bits per heavy atom. The molecule has 0 bridgehead atoms. The van der Waals surface area contributed by atoms with E-state index in [4.69, 9.17) is 0 Å². The quantitative estimate of drug-likeness (QED) is 0.577. The van der Waals surface area contributed by atoms with Gasteiger partial charge in [-0.2, -0.15) is 5.10 Å². The molecule has 1 unspecified atom stereocenters. The first-order valence-electron chi connectivity index (χ1n) is 11.0. The van der Waals surface area contributed by atoms with Gasteiger partial charge in [0.2, 0.25) is 0 Å². The van der Waals surface area contributed by atoms with Crippen molar-refractivity contribution in [3.8, 4) is 5.69 Å². The van der Waals surface area contributed by atoms with E-state index in [1.54, 1.807) is 23.0 Å². The first-order chi connectivity index (χ1) is 15.7. The van der Waals surface area contributed by atoms with Crippen LogP contribution in [0.1, 0.15) is 53.4 Å². The molecular weight excluding hydrogens is 426 g/mol. The lowest BCUT2D eigenvalue weighted by Crippen LogP contribution is -2.45. The normalized spacial score (nSPS) is 23.7. The maximum Gasteiger partial charge on any atom is 0.336 e. The molecule has 1 saturated carbocycles. The third-order valence-electron chi connectivity index (χ3n) is 7.47. The van der Waals surface area contributed by atoms with Gasteiger partial charge in [0.15, 0.2) is 0 Å². The number of aromatic carboxylic acids is 1. The highest BCUT2D eigenvalue weighted by molar-refractivity contribution is 5.89. The zero-order valence-corrected chi connectivity index (χ0v) is 18.2. The minimum Gasteiger partial charge on any atom is -0.478 e. The van der Waals surface area contributed by atoms with Gasteiger partial charge >= 0.3 is 5.97 Å². The summed E-state index contributed by atoms with van der Waals surface area (Å²) < 4.78 is 28.7. The Morgan fingerprint density at radius 1 is 1.15 bits per heavy atom. The van der Waals surface area contributed by atoms with Crippen LogP contribution in [-0.4, -0.2) is 31.6 Å². The van der Waals surface area contributed by atoms with Gasteiger partial charge in [-0.05, 0) is 85.7 Å². The molecule has 1 aromatic heterocycles. The fourth-order valence-corrected chi connectivity index (χ4v) is 5.43. The molecule has 0 radical (unpaired) electrons. The number of hydrogen-bond acceptors (Lipinski definition) is 3. The molecule has 5 nitrogen and oxygen atoms in total. The van der Waals surface area contributed by atoms with Gasteiger partial charge in [0.25, 0.3) is 0 Å². The average Bonchev–Trinajstić information content (AvgIpc) is 3.29. The second-order valence-corrected chi connectivity index (χ2v) is 9.26. The molecule has 170 valence electrons. The molecule has 1 fully saturated rings. The van der Waals surface area contributed by atoms with E-state index in [9.17, 15) is 23.8 Å². The molecule has 2 aliphatic carbocycles. The molecule has 0 aliphatic heterocycles. The summed E-state index contributed by atoms with van der Waals surface area (Å²) in [6.07, 6.45) is 6.45. The third kappa shape index (κ3) is 3.47. The van der Waals surface area contributed by atoms with Crippen molar-refractivity contribution in [2.45, 2.75) is 44.6 Å². The van der Waals surface area contributed by atoms with Gasteiger partial charge in [-0.25, -0.2) is 18.3 Å². The van der Waals surface area contributed by atoms with Crippen LogP contribution in [0.5, 0.6) is 0 Å². The van der Waals surface area contributed by atoms with E-state index in [1.807, 2.05) is 6.92 Å². The second-order valence-electron chi connectivity index (χ2n) is 9.26. The van der Waals surface area contributed by atoms with E-state index in [-0.39, 0.29) is 11.4 Å². The number of aromatic nitrogens is 2. The smallest absolute Gasteiger partial charge is 0.336 e. The summed E-state index contributed by atoms with van der Waals surface area (Å²) in [5.74, 6) is -2.07. The fraction of sp³-hybridized carbons (Fsp3) is 0.308. The van der Waals surface area contributed by atoms with Crippen LogP contribution in [0.4, 0.5) is 8.78 Å². The summed E-state index contributed by atoms with van der Waals surface area (Å²) in [5, 5.41) is 25.7. The molecule has 3 aromatic rings. The zero-order chi connectivity index (χ0) is 23.4. The molecule has 2 aliphatic rings. The van der Waals surface area contributed by atoms with Gasteiger partial charge in [-0.3, -0.25) is 0 Å². The minimum atomic E-state index is -1.18. The van der Waals surface area contributed by atoms with Gasteiger partial charge in [0, 0.05) is 5.41 Å². The lowest BCUT2D eigenvalue weighted by molar-refractivity contribution is -0.0462. The molecule has 0 amide bonds. The van der Waals surface area contributed by atoms with Crippen LogP contribution >= 0.6 is 0 Å². The Kier molecular flexibility index (Phi) is 4.97. The van der Waals surface area contributed by atoms with Crippen molar-refractivity contribution in [2.75, 3.05) is 0 Å². The summed E-state index contributed by atoms with van der Waals surface area (Å²) >= 11 is 0. The van der Waals surface area contributed by atoms with Crippen molar-refractivity contribution in [1.29, 1.82) is 0 Å². The summed E-state index contributed by atoms with van der Waals surface area (Å²) in [5.41, 5.74) is 2.73. The summed E-state index contributed by atoms with van der Waals surface area (Å²) in [6.45, 7) is 2.05. The van der Waals surface area contributed by atoms with E-state index < -0.39 is 22.8 Å². The first kappa shape index (κ1) is 21.5. The number of carboxylic acid groups (broad SMARTS) is 1. The molecule has 2 N–H and O–H groups in total. The van der Waals surface area contributed by atoms with E-state index in [0.717, 1.165) is 35.0 Å². The van der Waals surface area contributed by atoms with Crippen molar-refractivity contribution in [2.24, 2.45) is 5.41 Å². The highest BCUT2D eigenvalue weighted by Crippen LogP contribution is 2.56. The van der Waals surface area contributed by atoms with Gasteiger partial charge in [0.05, 0.1) is 28.7 Å². The molecule has 7 heteroatoms. The Labute approximate surface area is 190 Å². The number of benzene rings is 2. The second kappa shape index (κ2) is 7.63. The van der Waals surface area contributed by atoms with Crippen LogP contribution < -0.4 is 0 Å². The highest BCUT2D eigenvalue weighted by Gasteiger charge is 2.54. The summed E-state index contributed by atoms with van der Waals surface area (Å²) in [6, 6.07) is 9.94. The number of rotatable bonds is 5. The number of aryl methyl sites for hydroxylation is 1. The standard InChI is InChI=1S/C26H24F2N2O3/c1-25-14-17-15-29-30(21-6-4-19(27)5-7-21)23(17)12-18(25)9-11-26(25,33)10-8-16-2-3-20(28)13-22(16)24(31)32/h2-7,12-13,15,33H,8-11,14H2,1H3,(H,31,32)/t25?,26-/m0/s1. The number of nitrogens with zero attached hydrogens (tertiary/aromatic N) is 2. The average molecular weight is 450 g/mol. The maximum absolute atomic E-state index is 13.5. The molecule has 0 spiro atoms. The largest absolute Gasteiger partial charge is 0.478 e. The number of carbonyl (C=O) groups is 1. The molecule has 2 aromatic carbocycles. The van der Waals surface area contributed by atoms with Crippen molar-refractivity contribution in [3.63, 3.8) is 0 Å². The number of carboxylic acids is 1. The SMILES string of the molecule is CC12Cc3cnn(-c4ccc(F)cc4)c3C=C1CC[C@@]2(O)CCc1ccc(F)cc1C(=O)O. The lowest BCUT2D eigenvalue weighted by Gasteiger charge is -2.42. The molecule has 5 rings (SSSR count). The predicted molar refractivity (Wildman–Crippen MR) is 119 cm³/mol. The van der Waals surface area contributed by atoms with Crippen molar-refractivity contribution in [1.82, 2.24) is 9.78 Å². The Bertz CT molecular complexity index is 1280. The molecule has 0 saturated heterocycles. The van der Waals surface area contributed by atoms with E-state index >= 15 is 0 Å². The van der Waals surface area contributed by atoms with Crippen molar-refractivity contribution in [3.05, 3.63) is 88.3 Å². The van der Waals surface area contributed by atoms with Crippen LogP contribution in [0.2, 0.25) is 0 Å². The van der Waals surface area contributed by atoms with Gasteiger partial charge < -0.3 is 10.2 Å². The molecular formula is C26H24F2N2O3. The Hall–Kier alpha value is -3.32. The van der Waals surface area contributed by atoms with Crippen LogP contribution in [0.15, 0.2) is 54.2 Å². The zero-order valence-electron chi connectivity index (χ0n) is 18.2. The van der Waals surface area contributed by atoms with Crippen molar-refractivity contribution < 1.29 is 23.8 Å². The van der Waals surface area contributed by atoms with E-state index in [1.165, 1.54) is 24.3 Å². The number of aliphatic hydroxyl groups is 1. The lowest BCUT2D eigenvalue weighted by atomic mass is 9.65. The molecule has 33 heavy (non-hydrogen) atoms. The van der Waals surface area contributed by atoms with Gasteiger partial charge in [0.1, 0.15) is 11.6 Å². The van der Waals surface area contributed by atoms with Gasteiger partial charge in [-0.15, -0.1) is 0 Å². The van der Waals surface area contributed by atoms with E-state index in [2.05, 4.69) is 11.2 Å². The summed E-state index contributed by atoms with van der Waals surface area (Å²) in [4.78, 5) is 11.5. The van der Waals surface area contributed by atoms with Crippen LogP contribution in [0.3, 0.4) is 0 Å². The number of hydrogen-bond donors (Lipinski definition) is 2. The van der Waals surface area contributed by atoms with Crippen LogP contribution in [-0.2, 0) is 12.8 Å². The topological polar surface area (TPSA) is 75.3 Å². The summed E-state index contributed by atoms with van der Waals surface area (Å²) in [7, 11) is 0. The highest BCUT2D eigenvalue weighted by atomic mass is 19.1. The van der Waals surface area contributed by atoms with Crippen LogP contribution in [0, 0.1) is 17.0 Å². The maximum atomic E-state index is 13.5. The number of halogens is 2. The third-order valence-corrected chi connectivity index (χ3v) is 7.47. The van der Waals surface area contributed by atoms with Gasteiger partial charge in [-0.1, -0.05) is 18.6 Å². The monoisotopic (exact) mass is 450 g/mol. The molecule has 2 atom stereocenters. The number of fused-ring (bicyclic) bond motifs is 2. The van der Waals surface area contributed by atoms with E-state index in [0.29, 0.717) is 31.2 Å². The molecule has 1 heterocycles. The first-order valence-corrected chi connectivity index (χ1v) is 11.0. The fourth-order valence-electron chi connectivity index (χ4n) is 5.43. The Morgan fingerprint density at radius 2 is 1.88 bits per heavy atom.